The van der Waals surface area contributed by atoms with Gasteiger partial charge in [0.2, 0.25) is 5.91 Å². The fraction of sp³-hybridized carbons (Fsp3) is 0.240. The Morgan fingerprint density at radius 1 is 1.00 bits per heavy atom. The summed E-state index contributed by atoms with van der Waals surface area (Å²) in [5, 5.41) is 15.3. The summed E-state index contributed by atoms with van der Waals surface area (Å²) in [7, 11) is 0. The van der Waals surface area contributed by atoms with Crippen LogP contribution in [0, 0.1) is 0 Å². The number of aromatic hydroxyl groups is 1. The highest BCUT2D eigenvalue weighted by Gasteiger charge is 2.36. The number of phenolic OH excluding ortho intramolecular Hbond substituents is 1. The smallest absolute Gasteiger partial charge is 0.408 e. The minimum atomic E-state index is -1.28. The first-order chi connectivity index (χ1) is 15.4. The number of phenols is 1. The fourth-order valence-corrected chi connectivity index (χ4v) is 3.27. The van der Waals surface area contributed by atoms with Crippen molar-refractivity contribution in [1.82, 2.24) is 15.6 Å². The summed E-state index contributed by atoms with van der Waals surface area (Å²) in [6, 6.07) is 19.3. The van der Waals surface area contributed by atoms with E-state index >= 15 is 0 Å². The lowest BCUT2D eigenvalue weighted by atomic mass is 9.91. The Bertz CT molecular complexity index is 1030. The minimum Gasteiger partial charge on any atom is -0.508 e. The largest absolute Gasteiger partial charge is 0.508 e. The Balaban J connectivity index is 0.00000385. The predicted octanol–water partition coefficient (Wildman–Crippen LogP) is 4.31. The van der Waals surface area contributed by atoms with Crippen LogP contribution in [0.1, 0.15) is 36.6 Å². The first-order valence-electron chi connectivity index (χ1n) is 10.3. The number of alkyl carbamates (subject to hydrolysis) is 1. The Labute approximate surface area is 199 Å². The molecule has 33 heavy (non-hydrogen) atoms. The number of aromatic nitrogens is 1. The lowest BCUT2D eigenvalue weighted by Gasteiger charge is -2.31. The third-order valence-electron chi connectivity index (χ3n) is 5.14. The van der Waals surface area contributed by atoms with Gasteiger partial charge in [0.1, 0.15) is 17.9 Å². The van der Waals surface area contributed by atoms with Crippen LogP contribution in [-0.4, -0.2) is 27.6 Å². The maximum absolute atomic E-state index is 13.3. The van der Waals surface area contributed by atoms with Crippen LogP contribution in [0.15, 0.2) is 79.1 Å². The molecule has 0 bridgehead atoms. The van der Waals surface area contributed by atoms with Crippen LogP contribution >= 0.6 is 12.4 Å². The summed E-state index contributed by atoms with van der Waals surface area (Å²) >= 11 is 0. The molecule has 7 nitrogen and oxygen atoms in total. The lowest BCUT2D eigenvalue weighted by Crippen LogP contribution is -2.58. The van der Waals surface area contributed by atoms with Crippen LogP contribution in [0.25, 0.3) is 0 Å². The van der Waals surface area contributed by atoms with E-state index in [1.807, 2.05) is 37.3 Å². The summed E-state index contributed by atoms with van der Waals surface area (Å²) in [6.07, 6.45) is 2.74. The molecule has 3 aromatic rings. The van der Waals surface area contributed by atoms with E-state index in [2.05, 4.69) is 15.6 Å². The molecule has 1 heterocycles. The van der Waals surface area contributed by atoms with E-state index in [4.69, 9.17) is 4.74 Å². The molecule has 3 rings (SSSR count). The highest BCUT2D eigenvalue weighted by Crippen LogP contribution is 2.20. The van der Waals surface area contributed by atoms with E-state index in [0.29, 0.717) is 0 Å². The third-order valence-corrected chi connectivity index (χ3v) is 5.14. The Kier molecular flexibility index (Phi) is 9.24. The molecule has 0 saturated carbocycles. The summed E-state index contributed by atoms with van der Waals surface area (Å²) < 4.78 is 5.32. The zero-order valence-electron chi connectivity index (χ0n) is 18.5. The molecule has 8 heteroatoms. The highest BCUT2D eigenvalue weighted by molar-refractivity contribution is 5.90. The number of benzene rings is 2. The van der Waals surface area contributed by atoms with Crippen molar-refractivity contribution in [2.24, 2.45) is 0 Å². The van der Waals surface area contributed by atoms with Crippen molar-refractivity contribution in [2.45, 2.75) is 38.5 Å². The van der Waals surface area contributed by atoms with Gasteiger partial charge in [0.25, 0.3) is 0 Å². The van der Waals surface area contributed by atoms with Crippen LogP contribution in [-0.2, 0) is 22.6 Å². The average molecular weight is 470 g/mol. The second-order valence-corrected chi connectivity index (χ2v) is 7.84. The van der Waals surface area contributed by atoms with Crippen LogP contribution in [0.4, 0.5) is 4.79 Å². The van der Waals surface area contributed by atoms with Gasteiger partial charge in [-0.05, 0) is 54.8 Å². The fourth-order valence-electron chi connectivity index (χ4n) is 3.27. The predicted molar refractivity (Wildman–Crippen MR) is 128 cm³/mol. The Hall–Kier alpha value is -3.58. The SMILES string of the molecule is C[C@H](NC(=O)[C@](C)(Cc1ccc(O)cc1)NC(=O)OCc1ccncc1)c1ccccc1.Cl. The molecule has 2 atom stereocenters. The first-order valence-corrected chi connectivity index (χ1v) is 10.3. The van der Waals surface area contributed by atoms with Crippen molar-refractivity contribution in [3.8, 4) is 5.75 Å². The number of nitrogens with zero attached hydrogens (tertiary/aromatic N) is 1. The number of nitrogens with one attached hydrogen (secondary N) is 2. The van der Waals surface area contributed by atoms with Gasteiger partial charge in [-0.25, -0.2) is 4.79 Å². The maximum atomic E-state index is 13.3. The molecular weight excluding hydrogens is 442 g/mol. The van der Waals surface area contributed by atoms with Crippen LogP contribution < -0.4 is 10.6 Å². The molecule has 2 aromatic carbocycles. The number of amides is 2. The topological polar surface area (TPSA) is 101 Å². The third kappa shape index (κ3) is 7.50. The zero-order valence-corrected chi connectivity index (χ0v) is 19.3. The molecule has 0 saturated heterocycles. The van der Waals surface area contributed by atoms with Crippen molar-refractivity contribution >= 4 is 24.4 Å². The van der Waals surface area contributed by atoms with E-state index in [-0.39, 0.29) is 43.1 Å². The van der Waals surface area contributed by atoms with Gasteiger partial charge < -0.3 is 20.5 Å². The number of hydrogen-bond acceptors (Lipinski definition) is 5. The number of hydrogen-bond donors (Lipinski definition) is 3. The van der Waals surface area contributed by atoms with Crippen LogP contribution in [0.2, 0.25) is 0 Å². The van der Waals surface area contributed by atoms with Gasteiger partial charge in [0.15, 0.2) is 0 Å². The summed E-state index contributed by atoms with van der Waals surface area (Å²) in [6.45, 7) is 3.60. The number of pyridine rings is 1. The summed E-state index contributed by atoms with van der Waals surface area (Å²) in [4.78, 5) is 29.8. The van der Waals surface area contributed by atoms with Crippen LogP contribution in [0.5, 0.6) is 5.75 Å². The monoisotopic (exact) mass is 469 g/mol. The first kappa shape index (κ1) is 25.7. The van der Waals surface area contributed by atoms with E-state index < -0.39 is 11.6 Å². The average Bonchev–Trinajstić information content (AvgIpc) is 2.80. The van der Waals surface area contributed by atoms with E-state index in [1.54, 1.807) is 55.7 Å². The van der Waals surface area contributed by atoms with E-state index in [9.17, 15) is 14.7 Å². The number of halogens is 1. The van der Waals surface area contributed by atoms with Crippen molar-refractivity contribution in [3.05, 3.63) is 95.8 Å². The Morgan fingerprint density at radius 2 is 1.64 bits per heavy atom. The van der Waals surface area contributed by atoms with Gasteiger partial charge in [-0.15, -0.1) is 12.4 Å². The van der Waals surface area contributed by atoms with E-state index in [0.717, 1.165) is 16.7 Å². The number of rotatable bonds is 8. The van der Waals surface area contributed by atoms with Crippen LogP contribution in [0.3, 0.4) is 0 Å². The molecule has 0 aliphatic carbocycles. The molecule has 3 N–H and O–H groups in total. The standard InChI is InChI=1S/C25H27N3O4.ClH/c1-18(21-6-4-3-5-7-21)27-23(30)25(2,16-19-8-10-22(29)11-9-19)28-24(31)32-17-20-12-14-26-15-13-20;/h3-15,18,29H,16-17H2,1-2H3,(H,27,30)(H,28,31);1H/t18-,25-;/m0./s1. The zero-order chi connectivity index (χ0) is 23.0. The molecule has 0 spiro atoms. The molecule has 0 aliphatic rings. The number of carbonyl (C=O) groups is 2. The van der Waals surface area contributed by atoms with Crippen molar-refractivity contribution in [1.29, 1.82) is 0 Å². The molecular formula is C25H28ClN3O4. The second-order valence-electron chi connectivity index (χ2n) is 7.84. The van der Waals surface area contributed by atoms with Crippen molar-refractivity contribution in [2.75, 3.05) is 0 Å². The summed E-state index contributed by atoms with van der Waals surface area (Å²) in [5.74, 6) is -0.217. The quantitative estimate of drug-likeness (QED) is 0.456. The molecule has 0 fully saturated rings. The van der Waals surface area contributed by atoms with Gasteiger partial charge >= 0.3 is 6.09 Å². The van der Waals surface area contributed by atoms with Gasteiger partial charge in [0.05, 0.1) is 6.04 Å². The molecule has 0 aliphatic heterocycles. The molecule has 1 aromatic heterocycles. The Morgan fingerprint density at radius 3 is 2.27 bits per heavy atom. The highest BCUT2D eigenvalue weighted by atomic mass is 35.5. The van der Waals surface area contributed by atoms with Gasteiger partial charge in [-0.2, -0.15) is 0 Å². The van der Waals surface area contributed by atoms with Gasteiger partial charge in [-0.1, -0.05) is 42.5 Å². The van der Waals surface area contributed by atoms with Crippen molar-refractivity contribution in [3.63, 3.8) is 0 Å². The van der Waals surface area contributed by atoms with Crippen molar-refractivity contribution < 1.29 is 19.4 Å². The normalized spacial score (nSPS) is 13.0. The summed E-state index contributed by atoms with van der Waals surface area (Å²) in [5.41, 5.74) is 1.24. The molecule has 0 unspecified atom stereocenters. The molecule has 0 radical (unpaired) electrons. The molecule has 174 valence electrons. The second kappa shape index (κ2) is 11.9. The van der Waals surface area contributed by atoms with Gasteiger partial charge in [0, 0.05) is 18.8 Å². The lowest BCUT2D eigenvalue weighted by molar-refractivity contribution is -0.127. The number of ether oxygens (including phenoxy) is 1. The number of carbonyl (C=O) groups excluding carboxylic acids is 2. The maximum Gasteiger partial charge on any atom is 0.408 e. The minimum absolute atomic E-state index is 0. The van der Waals surface area contributed by atoms with E-state index in [1.165, 1.54) is 0 Å². The molecule has 2 amide bonds. The van der Waals surface area contributed by atoms with Gasteiger partial charge in [-0.3, -0.25) is 9.78 Å².